The van der Waals surface area contributed by atoms with Gasteiger partial charge in [0.15, 0.2) is 0 Å². The van der Waals surface area contributed by atoms with Crippen LogP contribution in [-0.2, 0) is 16.1 Å². The molecule has 0 aliphatic heterocycles. The van der Waals surface area contributed by atoms with E-state index >= 15 is 0 Å². The van der Waals surface area contributed by atoms with Gasteiger partial charge in [-0.2, -0.15) is 5.10 Å². The van der Waals surface area contributed by atoms with Crippen molar-refractivity contribution >= 4 is 17.5 Å². The number of amides is 2. The van der Waals surface area contributed by atoms with E-state index in [1.807, 2.05) is 37.3 Å². The molecule has 2 amide bonds. The number of hydrogen-bond donors (Lipinski definition) is 2. The monoisotopic (exact) mass is 354 g/mol. The fourth-order valence-corrected chi connectivity index (χ4v) is 3.49. The van der Waals surface area contributed by atoms with Crippen molar-refractivity contribution in [2.24, 2.45) is 0 Å². The van der Waals surface area contributed by atoms with Crippen LogP contribution in [0.5, 0.6) is 0 Å². The highest BCUT2D eigenvalue weighted by Gasteiger charge is 2.20. The highest BCUT2D eigenvalue weighted by atomic mass is 16.2. The summed E-state index contributed by atoms with van der Waals surface area (Å²) in [4.78, 5) is 24.7. The first-order valence-corrected chi connectivity index (χ1v) is 9.33. The third-order valence-electron chi connectivity index (χ3n) is 4.85. The Kier molecular flexibility index (Phi) is 6.04. The maximum Gasteiger partial charge on any atom is 0.241 e. The number of carbonyl (C=O) groups excluding carboxylic acids is 2. The van der Waals surface area contributed by atoms with E-state index in [9.17, 15) is 9.59 Å². The first-order valence-electron chi connectivity index (χ1n) is 9.33. The average molecular weight is 354 g/mol. The third kappa shape index (κ3) is 4.71. The van der Waals surface area contributed by atoms with Gasteiger partial charge in [-0.15, -0.1) is 0 Å². The number of carbonyl (C=O) groups is 2. The van der Waals surface area contributed by atoms with Crippen molar-refractivity contribution in [1.29, 1.82) is 0 Å². The van der Waals surface area contributed by atoms with Gasteiger partial charge in [-0.1, -0.05) is 50.1 Å². The summed E-state index contributed by atoms with van der Waals surface area (Å²) >= 11 is 0. The smallest absolute Gasteiger partial charge is 0.241 e. The molecule has 138 valence electrons. The van der Waals surface area contributed by atoms with Crippen LogP contribution in [0.4, 0.5) is 5.69 Å². The summed E-state index contributed by atoms with van der Waals surface area (Å²) in [7, 11) is 0. The highest BCUT2D eigenvalue weighted by Crippen LogP contribution is 2.21. The summed E-state index contributed by atoms with van der Waals surface area (Å²) in [6.07, 6.45) is 8.48. The minimum absolute atomic E-state index is 0.0337. The van der Waals surface area contributed by atoms with Crippen LogP contribution in [0.25, 0.3) is 0 Å². The zero-order valence-corrected chi connectivity index (χ0v) is 15.1. The van der Waals surface area contributed by atoms with Crippen LogP contribution in [-0.4, -0.2) is 27.6 Å². The normalized spacial score (nSPS) is 15.6. The van der Waals surface area contributed by atoms with Crippen LogP contribution in [0.3, 0.4) is 0 Å². The molecule has 1 aliphatic carbocycles. The number of nitrogens with zero attached hydrogens (tertiary/aromatic N) is 2. The second kappa shape index (κ2) is 8.65. The van der Waals surface area contributed by atoms with E-state index in [2.05, 4.69) is 15.7 Å². The quantitative estimate of drug-likeness (QED) is 0.802. The predicted molar refractivity (Wildman–Crippen MR) is 101 cm³/mol. The SMILES string of the molecule is CCC(C(=O)Nc1cnn(CC(=O)NC2CCCC2)c1)c1ccccc1. The highest BCUT2D eigenvalue weighted by molar-refractivity contribution is 5.95. The number of hydrogen-bond acceptors (Lipinski definition) is 3. The molecule has 6 nitrogen and oxygen atoms in total. The maximum absolute atomic E-state index is 12.6. The average Bonchev–Trinajstić information content (AvgIpc) is 3.29. The number of anilines is 1. The molecule has 1 atom stereocenters. The van der Waals surface area contributed by atoms with Crippen molar-refractivity contribution in [3.05, 3.63) is 48.3 Å². The Hall–Kier alpha value is -2.63. The molecule has 1 aromatic carbocycles. The van der Waals surface area contributed by atoms with Crippen molar-refractivity contribution in [1.82, 2.24) is 15.1 Å². The van der Waals surface area contributed by atoms with E-state index in [-0.39, 0.29) is 24.3 Å². The van der Waals surface area contributed by atoms with Crippen molar-refractivity contribution in [2.45, 2.75) is 57.5 Å². The molecule has 0 bridgehead atoms. The first-order chi connectivity index (χ1) is 12.7. The van der Waals surface area contributed by atoms with Gasteiger partial charge in [0.25, 0.3) is 0 Å². The third-order valence-corrected chi connectivity index (χ3v) is 4.85. The Labute approximate surface area is 154 Å². The van der Waals surface area contributed by atoms with E-state index in [0.717, 1.165) is 18.4 Å². The van der Waals surface area contributed by atoms with Crippen molar-refractivity contribution in [2.75, 3.05) is 5.32 Å². The minimum Gasteiger partial charge on any atom is -0.352 e. The molecule has 1 aliphatic rings. The maximum atomic E-state index is 12.6. The first kappa shape index (κ1) is 18.2. The molecular weight excluding hydrogens is 328 g/mol. The Morgan fingerprint density at radius 1 is 1.23 bits per heavy atom. The summed E-state index contributed by atoms with van der Waals surface area (Å²) in [5.74, 6) is -0.299. The van der Waals surface area contributed by atoms with E-state index in [1.165, 1.54) is 12.8 Å². The molecule has 26 heavy (non-hydrogen) atoms. The van der Waals surface area contributed by atoms with Crippen LogP contribution >= 0.6 is 0 Å². The lowest BCUT2D eigenvalue weighted by Gasteiger charge is -2.14. The van der Waals surface area contributed by atoms with Gasteiger partial charge in [-0.3, -0.25) is 14.3 Å². The number of aromatic nitrogens is 2. The lowest BCUT2D eigenvalue weighted by molar-refractivity contribution is -0.122. The van der Waals surface area contributed by atoms with Crippen LogP contribution < -0.4 is 10.6 Å². The van der Waals surface area contributed by atoms with Gasteiger partial charge in [-0.05, 0) is 24.8 Å². The Bertz CT molecular complexity index is 735. The second-order valence-electron chi connectivity index (χ2n) is 6.84. The lowest BCUT2D eigenvalue weighted by Crippen LogP contribution is -2.35. The van der Waals surface area contributed by atoms with Gasteiger partial charge in [0.05, 0.1) is 17.8 Å². The summed E-state index contributed by atoms with van der Waals surface area (Å²) in [6.45, 7) is 2.16. The number of rotatable bonds is 7. The van der Waals surface area contributed by atoms with E-state index in [4.69, 9.17) is 0 Å². The van der Waals surface area contributed by atoms with Gasteiger partial charge < -0.3 is 10.6 Å². The van der Waals surface area contributed by atoms with Crippen LogP contribution in [0, 0.1) is 0 Å². The molecule has 3 rings (SSSR count). The predicted octanol–water partition coefficient (Wildman–Crippen LogP) is 3.07. The standard InChI is InChI=1S/C20H26N4O2/c1-2-18(15-8-4-3-5-9-15)20(26)23-17-12-21-24(13-17)14-19(25)22-16-10-6-7-11-16/h3-5,8-9,12-13,16,18H,2,6-7,10-11,14H2,1H3,(H,22,25)(H,23,26). The molecule has 6 heteroatoms. The van der Waals surface area contributed by atoms with Crippen molar-refractivity contribution < 1.29 is 9.59 Å². The largest absolute Gasteiger partial charge is 0.352 e. The van der Waals surface area contributed by atoms with E-state index in [1.54, 1.807) is 17.1 Å². The van der Waals surface area contributed by atoms with Gasteiger partial charge in [0.1, 0.15) is 6.54 Å². The summed E-state index contributed by atoms with van der Waals surface area (Å²) < 4.78 is 1.56. The molecule has 2 N–H and O–H groups in total. The van der Waals surface area contributed by atoms with Crippen LogP contribution in [0.1, 0.15) is 50.5 Å². The number of nitrogens with one attached hydrogen (secondary N) is 2. The van der Waals surface area contributed by atoms with Gasteiger partial charge >= 0.3 is 0 Å². The molecule has 1 saturated carbocycles. The molecular formula is C20H26N4O2. The van der Waals surface area contributed by atoms with Gasteiger partial charge in [0, 0.05) is 12.2 Å². The summed E-state index contributed by atoms with van der Waals surface area (Å²) in [5, 5.41) is 10.1. The summed E-state index contributed by atoms with van der Waals surface area (Å²) in [5.41, 5.74) is 1.61. The lowest BCUT2D eigenvalue weighted by atomic mass is 9.96. The molecule has 1 unspecified atom stereocenters. The Morgan fingerprint density at radius 2 is 1.96 bits per heavy atom. The number of benzene rings is 1. The molecule has 0 radical (unpaired) electrons. The van der Waals surface area contributed by atoms with Crippen LogP contribution in [0.2, 0.25) is 0 Å². The Balaban J connectivity index is 1.55. The molecule has 0 saturated heterocycles. The molecule has 2 aromatic rings. The van der Waals surface area contributed by atoms with Gasteiger partial charge in [-0.25, -0.2) is 0 Å². The van der Waals surface area contributed by atoms with E-state index < -0.39 is 0 Å². The molecule has 1 fully saturated rings. The van der Waals surface area contributed by atoms with Gasteiger partial charge in [0.2, 0.25) is 11.8 Å². The zero-order chi connectivity index (χ0) is 18.4. The Morgan fingerprint density at radius 3 is 2.65 bits per heavy atom. The molecule has 0 spiro atoms. The van der Waals surface area contributed by atoms with Crippen LogP contribution in [0.15, 0.2) is 42.7 Å². The van der Waals surface area contributed by atoms with E-state index in [0.29, 0.717) is 18.2 Å². The second-order valence-corrected chi connectivity index (χ2v) is 6.84. The zero-order valence-electron chi connectivity index (χ0n) is 15.1. The fraction of sp³-hybridized carbons (Fsp3) is 0.450. The van der Waals surface area contributed by atoms with Crippen molar-refractivity contribution in [3.8, 4) is 0 Å². The fourth-order valence-electron chi connectivity index (χ4n) is 3.49. The molecule has 1 aromatic heterocycles. The minimum atomic E-state index is -0.204. The van der Waals surface area contributed by atoms with Crippen molar-refractivity contribution in [3.63, 3.8) is 0 Å². The topological polar surface area (TPSA) is 76.0 Å². The summed E-state index contributed by atoms with van der Waals surface area (Å²) in [6, 6.07) is 10.0. The molecule has 1 heterocycles.